The number of hydrogen-bond donors (Lipinski definition) is 0. The van der Waals surface area contributed by atoms with Gasteiger partial charge in [0, 0.05) is 59.3 Å². The van der Waals surface area contributed by atoms with Gasteiger partial charge in [0.15, 0.2) is 5.65 Å². The third kappa shape index (κ3) is 9.87. The molecule has 1 atom stereocenters. The SMILES string of the molecule is CC(C)(C)OC(=O)N1CCCC(c2nc3ccnn3c(N(COCC[Si](C)(C)C)COCC[Si](C)(C)C)c2-c2cccs2)C1. The molecule has 0 radical (unpaired) electrons. The second-order valence-electron chi connectivity index (χ2n) is 15.3. The minimum absolute atomic E-state index is 0.0505. The first-order valence-corrected chi connectivity index (χ1v) is 24.2. The quantitative estimate of drug-likeness (QED) is 0.104. The Morgan fingerprint density at radius 1 is 1.05 bits per heavy atom. The molecule has 244 valence electrons. The number of carbonyl (C=O) groups excluding carboxylic acids is 1. The molecule has 1 aliphatic rings. The van der Waals surface area contributed by atoms with Gasteiger partial charge >= 0.3 is 6.09 Å². The van der Waals surface area contributed by atoms with E-state index in [1.807, 2.05) is 36.3 Å². The lowest BCUT2D eigenvalue weighted by Crippen LogP contribution is -2.42. The van der Waals surface area contributed by atoms with Crippen LogP contribution in [0.3, 0.4) is 0 Å². The van der Waals surface area contributed by atoms with E-state index in [2.05, 4.69) is 61.7 Å². The summed E-state index contributed by atoms with van der Waals surface area (Å²) in [6.45, 7) is 23.4. The molecule has 0 aromatic carbocycles. The van der Waals surface area contributed by atoms with Gasteiger partial charge in [-0.1, -0.05) is 45.3 Å². The molecule has 0 spiro atoms. The van der Waals surface area contributed by atoms with E-state index in [1.54, 1.807) is 17.5 Å². The fourth-order valence-electron chi connectivity index (χ4n) is 5.15. The average Bonchev–Trinajstić information content (AvgIpc) is 3.61. The molecule has 0 saturated carbocycles. The van der Waals surface area contributed by atoms with Gasteiger partial charge in [0.25, 0.3) is 0 Å². The van der Waals surface area contributed by atoms with Crippen LogP contribution < -0.4 is 4.90 Å². The lowest BCUT2D eigenvalue weighted by atomic mass is 9.91. The van der Waals surface area contributed by atoms with E-state index in [4.69, 9.17) is 24.3 Å². The first-order valence-electron chi connectivity index (χ1n) is 15.9. The van der Waals surface area contributed by atoms with Gasteiger partial charge in [-0.25, -0.2) is 9.78 Å². The van der Waals surface area contributed by atoms with Crippen LogP contribution in [-0.2, 0) is 14.2 Å². The second kappa shape index (κ2) is 14.4. The van der Waals surface area contributed by atoms with E-state index >= 15 is 0 Å². The van der Waals surface area contributed by atoms with Crippen LogP contribution in [0.2, 0.25) is 51.4 Å². The molecule has 0 N–H and O–H groups in total. The number of likely N-dealkylation sites (tertiary alicyclic amines) is 1. The number of thiophene rings is 1. The van der Waals surface area contributed by atoms with E-state index in [9.17, 15) is 4.79 Å². The Hall–Kier alpha value is -2.26. The van der Waals surface area contributed by atoms with Crippen molar-refractivity contribution in [1.29, 1.82) is 0 Å². The zero-order valence-electron chi connectivity index (χ0n) is 28.3. The molecule has 3 aromatic rings. The minimum Gasteiger partial charge on any atom is -0.444 e. The standard InChI is InChI=1S/C32H53N5O4SSi2/c1-32(2,3)41-31(38)35-16-10-12-25(22-35)29-28(26-13-11-19-42-26)30(37-27(34-29)14-15-33-37)36(23-39-17-20-43(4,5)6)24-40-18-21-44(7,8)9/h11,13-15,19,25H,10,12,16-18,20-24H2,1-9H3. The van der Waals surface area contributed by atoms with Crippen molar-refractivity contribution in [1.82, 2.24) is 19.5 Å². The number of fused-ring (bicyclic) bond motifs is 1. The number of aromatic nitrogens is 3. The smallest absolute Gasteiger partial charge is 0.410 e. The number of amides is 1. The highest BCUT2D eigenvalue weighted by atomic mass is 32.1. The predicted octanol–water partition coefficient (Wildman–Crippen LogP) is 8.00. The van der Waals surface area contributed by atoms with Gasteiger partial charge in [-0.05, 0) is 57.1 Å². The Labute approximate surface area is 269 Å². The van der Waals surface area contributed by atoms with Crippen LogP contribution in [0, 0.1) is 0 Å². The lowest BCUT2D eigenvalue weighted by Gasteiger charge is -2.35. The Bertz CT molecular complexity index is 1340. The molecule has 12 heteroatoms. The molecule has 1 fully saturated rings. The molecule has 44 heavy (non-hydrogen) atoms. The molecule has 3 aromatic heterocycles. The highest BCUT2D eigenvalue weighted by Crippen LogP contribution is 2.42. The Morgan fingerprint density at radius 2 is 1.70 bits per heavy atom. The minimum atomic E-state index is -1.25. The van der Waals surface area contributed by atoms with Gasteiger partial charge in [-0.2, -0.15) is 9.61 Å². The zero-order valence-corrected chi connectivity index (χ0v) is 31.1. The highest BCUT2D eigenvalue weighted by molar-refractivity contribution is 7.13. The zero-order chi connectivity index (χ0) is 32.1. The van der Waals surface area contributed by atoms with Crippen LogP contribution >= 0.6 is 11.3 Å². The van der Waals surface area contributed by atoms with E-state index < -0.39 is 21.7 Å². The normalized spacial score (nSPS) is 16.5. The third-order valence-electron chi connectivity index (χ3n) is 7.55. The van der Waals surface area contributed by atoms with Crippen molar-refractivity contribution in [3.8, 4) is 10.4 Å². The van der Waals surface area contributed by atoms with Gasteiger partial charge in [0.2, 0.25) is 0 Å². The molecule has 9 nitrogen and oxygen atoms in total. The fourth-order valence-corrected chi connectivity index (χ4v) is 7.44. The van der Waals surface area contributed by atoms with Gasteiger partial charge in [0.1, 0.15) is 24.9 Å². The number of piperidine rings is 1. The Balaban J connectivity index is 1.75. The molecule has 1 unspecified atom stereocenters. The monoisotopic (exact) mass is 659 g/mol. The summed E-state index contributed by atoms with van der Waals surface area (Å²) in [5.41, 5.74) is 2.26. The maximum Gasteiger partial charge on any atom is 0.410 e. The van der Waals surface area contributed by atoms with Crippen molar-refractivity contribution in [2.24, 2.45) is 0 Å². The van der Waals surface area contributed by atoms with Crippen LogP contribution in [0.5, 0.6) is 0 Å². The number of nitrogens with zero attached hydrogens (tertiary/aromatic N) is 5. The molecular formula is C32H53N5O4SSi2. The van der Waals surface area contributed by atoms with Crippen LogP contribution in [0.15, 0.2) is 29.8 Å². The summed E-state index contributed by atoms with van der Waals surface area (Å²) >= 11 is 1.69. The van der Waals surface area contributed by atoms with Crippen molar-refractivity contribution in [2.75, 3.05) is 44.7 Å². The first kappa shape index (κ1) is 34.6. The topological polar surface area (TPSA) is 81.4 Å². The predicted molar refractivity (Wildman–Crippen MR) is 187 cm³/mol. The molecule has 4 rings (SSSR count). The van der Waals surface area contributed by atoms with Gasteiger partial charge in [0.05, 0.1) is 17.5 Å². The number of rotatable bonds is 13. The molecule has 1 saturated heterocycles. The van der Waals surface area contributed by atoms with Gasteiger partial charge in [-0.3, -0.25) is 0 Å². The maximum absolute atomic E-state index is 13.1. The number of hydrogen-bond acceptors (Lipinski definition) is 8. The number of carbonyl (C=O) groups is 1. The molecule has 0 aliphatic carbocycles. The highest BCUT2D eigenvalue weighted by Gasteiger charge is 2.33. The summed E-state index contributed by atoms with van der Waals surface area (Å²) in [6, 6.07) is 8.37. The third-order valence-corrected chi connectivity index (χ3v) is 11.8. The summed E-state index contributed by atoms with van der Waals surface area (Å²) in [6.07, 6.45) is 3.36. The maximum atomic E-state index is 13.1. The number of ether oxygens (including phenoxy) is 3. The Kier molecular flexibility index (Phi) is 11.4. The van der Waals surface area contributed by atoms with E-state index in [0.29, 0.717) is 39.8 Å². The molecular weight excluding hydrogens is 607 g/mol. The summed E-state index contributed by atoms with van der Waals surface area (Å²) in [7, 11) is -2.50. The summed E-state index contributed by atoms with van der Waals surface area (Å²) < 4.78 is 20.4. The number of anilines is 1. The first-order chi connectivity index (χ1) is 20.6. The van der Waals surface area contributed by atoms with Crippen LogP contribution in [-0.4, -0.2) is 87.1 Å². The van der Waals surface area contributed by atoms with Crippen molar-refractivity contribution in [3.63, 3.8) is 0 Å². The van der Waals surface area contributed by atoms with Crippen LogP contribution in [0.1, 0.15) is 45.2 Å². The lowest BCUT2D eigenvalue weighted by molar-refractivity contribution is 0.0197. The molecule has 4 heterocycles. The van der Waals surface area contributed by atoms with E-state index in [1.165, 1.54) is 0 Å². The van der Waals surface area contributed by atoms with Crippen LogP contribution in [0.25, 0.3) is 16.1 Å². The molecule has 0 bridgehead atoms. The van der Waals surface area contributed by atoms with Crippen LogP contribution in [0.4, 0.5) is 10.6 Å². The summed E-state index contributed by atoms with van der Waals surface area (Å²) in [5, 5.41) is 6.85. The van der Waals surface area contributed by atoms with Crippen molar-refractivity contribution < 1.29 is 19.0 Å². The van der Waals surface area contributed by atoms with Gasteiger partial charge < -0.3 is 24.0 Å². The van der Waals surface area contributed by atoms with Gasteiger partial charge in [-0.15, -0.1) is 11.3 Å². The average molecular weight is 660 g/mol. The van der Waals surface area contributed by atoms with E-state index in [0.717, 1.165) is 52.5 Å². The van der Waals surface area contributed by atoms with Crippen molar-refractivity contribution in [3.05, 3.63) is 35.5 Å². The summed E-state index contributed by atoms with van der Waals surface area (Å²) in [4.78, 5) is 23.5. The fraction of sp³-hybridized carbons (Fsp3) is 0.656. The largest absolute Gasteiger partial charge is 0.444 e. The summed E-state index contributed by atoms with van der Waals surface area (Å²) in [5.74, 6) is 0.974. The second-order valence-corrected chi connectivity index (χ2v) is 27.5. The van der Waals surface area contributed by atoms with E-state index in [-0.39, 0.29) is 12.0 Å². The molecule has 1 aliphatic heterocycles. The molecule has 1 amide bonds. The van der Waals surface area contributed by atoms with Crippen molar-refractivity contribution >= 4 is 45.0 Å². The van der Waals surface area contributed by atoms with Crippen molar-refractivity contribution in [2.45, 2.75) is 96.5 Å². The Morgan fingerprint density at radius 3 is 2.27 bits per heavy atom.